The first kappa shape index (κ1) is 22.5. The molecule has 0 radical (unpaired) electrons. The Balaban J connectivity index is 1.84. The number of aliphatic hydroxyl groups is 1. The van der Waals surface area contributed by atoms with Gasteiger partial charge in [0.05, 0.1) is 34.0 Å². The largest absolute Gasteiger partial charge is 0.458 e. The van der Waals surface area contributed by atoms with E-state index < -0.39 is 22.9 Å². The normalized spacial score (nSPS) is 18.4. The Kier molecular flexibility index (Phi) is 5.03. The van der Waals surface area contributed by atoms with E-state index in [9.17, 15) is 23.9 Å². The molecule has 5 rings (SSSR count). The molecule has 0 unspecified atom stereocenters. The van der Waals surface area contributed by atoms with Gasteiger partial charge in [0.1, 0.15) is 12.4 Å². The van der Waals surface area contributed by atoms with E-state index in [4.69, 9.17) is 16.3 Å². The van der Waals surface area contributed by atoms with Gasteiger partial charge in [0, 0.05) is 41.6 Å². The Morgan fingerprint density at radius 1 is 1.35 bits per heavy atom. The number of fused-ring (bicyclic) bond motifs is 5. The van der Waals surface area contributed by atoms with Gasteiger partial charge in [-0.2, -0.15) is 0 Å². The molecule has 0 saturated carbocycles. The highest BCUT2D eigenvalue weighted by atomic mass is 35.5. The smallest absolute Gasteiger partial charge is 0.343 e. The number of amides is 1. The van der Waals surface area contributed by atoms with Crippen molar-refractivity contribution in [2.24, 2.45) is 0 Å². The molecule has 0 aliphatic carbocycles. The number of nitrogens with zero attached hydrogens (tertiary/aromatic N) is 2. The van der Waals surface area contributed by atoms with Crippen LogP contribution in [0, 0.1) is 12.7 Å². The molecule has 1 amide bonds. The Bertz CT molecular complexity index is 1500. The standard InChI is InChI=1S/C24H21ClFN3O5/c1-4-24(33)15-5-18-21-13(8-29(18)22(31)14(15)9-34-23(24)32)12(7-27-11(3)30)19-17(28-21)6-16(26)10(2)20(19)25/h5-6,33H,4,7-9H2,1-3H3,(H,27,30)/t24-/m0/s1. The van der Waals surface area contributed by atoms with Crippen LogP contribution in [0.1, 0.15) is 48.1 Å². The SMILES string of the molecule is CC[C@@]1(O)C(=O)OCc2c1cc1n(c2=O)Cc2c-1nc1cc(F)c(C)c(Cl)c1c2CNC(C)=O. The molecular weight excluding hydrogens is 465 g/mol. The minimum Gasteiger partial charge on any atom is -0.458 e. The molecule has 8 nitrogen and oxygen atoms in total. The first-order valence-electron chi connectivity index (χ1n) is 10.8. The van der Waals surface area contributed by atoms with Crippen LogP contribution in [0.2, 0.25) is 5.02 Å². The monoisotopic (exact) mass is 485 g/mol. The molecule has 2 aliphatic heterocycles. The van der Waals surface area contributed by atoms with Crippen LogP contribution in [0.3, 0.4) is 0 Å². The van der Waals surface area contributed by atoms with E-state index >= 15 is 0 Å². The maximum Gasteiger partial charge on any atom is 0.343 e. The van der Waals surface area contributed by atoms with Crippen molar-refractivity contribution < 1.29 is 23.8 Å². The van der Waals surface area contributed by atoms with Crippen LogP contribution in [0.4, 0.5) is 4.39 Å². The third-order valence-corrected chi connectivity index (χ3v) is 7.20. The minimum absolute atomic E-state index is 0.0214. The van der Waals surface area contributed by atoms with Crippen molar-refractivity contribution in [2.45, 2.75) is 52.5 Å². The lowest BCUT2D eigenvalue weighted by molar-refractivity contribution is -0.172. The molecule has 176 valence electrons. The number of rotatable bonds is 3. The number of ether oxygens (including phenoxy) is 1. The quantitative estimate of drug-likeness (QED) is 0.432. The summed E-state index contributed by atoms with van der Waals surface area (Å²) in [5.41, 5.74) is 0.641. The van der Waals surface area contributed by atoms with Crippen LogP contribution in [-0.4, -0.2) is 26.5 Å². The summed E-state index contributed by atoms with van der Waals surface area (Å²) in [5, 5.41) is 14.5. The molecule has 2 aromatic heterocycles. The van der Waals surface area contributed by atoms with E-state index in [1.807, 2.05) is 0 Å². The minimum atomic E-state index is -1.95. The lowest BCUT2D eigenvalue weighted by atomic mass is 9.86. The topological polar surface area (TPSA) is 111 Å². The first-order valence-corrected chi connectivity index (χ1v) is 11.2. The van der Waals surface area contributed by atoms with Crippen molar-refractivity contribution in [3.63, 3.8) is 0 Å². The summed E-state index contributed by atoms with van der Waals surface area (Å²) in [6, 6.07) is 2.85. The average molecular weight is 486 g/mol. The summed E-state index contributed by atoms with van der Waals surface area (Å²) in [4.78, 5) is 42.1. The van der Waals surface area contributed by atoms with Gasteiger partial charge in [-0.05, 0) is 25.0 Å². The van der Waals surface area contributed by atoms with Crippen molar-refractivity contribution in [1.29, 1.82) is 0 Å². The van der Waals surface area contributed by atoms with Gasteiger partial charge in [-0.1, -0.05) is 18.5 Å². The molecule has 0 saturated heterocycles. The summed E-state index contributed by atoms with van der Waals surface area (Å²) >= 11 is 6.52. The molecule has 1 aromatic carbocycles. The van der Waals surface area contributed by atoms with Gasteiger partial charge in [0.25, 0.3) is 5.56 Å². The van der Waals surface area contributed by atoms with Crippen molar-refractivity contribution in [3.8, 4) is 11.4 Å². The van der Waals surface area contributed by atoms with E-state index in [0.717, 1.165) is 0 Å². The van der Waals surface area contributed by atoms with Crippen LogP contribution in [-0.2, 0) is 39.6 Å². The van der Waals surface area contributed by atoms with Crippen LogP contribution in [0.5, 0.6) is 0 Å². The third-order valence-electron chi connectivity index (χ3n) is 6.73. The number of carbonyl (C=O) groups is 2. The number of carbonyl (C=O) groups excluding carboxylic acids is 2. The van der Waals surface area contributed by atoms with Gasteiger partial charge in [0.15, 0.2) is 5.60 Å². The molecule has 0 fully saturated rings. The first-order chi connectivity index (χ1) is 16.1. The second-order valence-corrected chi connectivity index (χ2v) is 9.00. The van der Waals surface area contributed by atoms with Gasteiger partial charge >= 0.3 is 5.97 Å². The summed E-state index contributed by atoms with van der Waals surface area (Å²) in [7, 11) is 0. The molecule has 2 aliphatic rings. The highest BCUT2D eigenvalue weighted by Gasteiger charge is 2.45. The number of cyclic esters (lactones) is 1. The van der Waals surface area contributed by atoms with Crippen molar-refractivity contribution in [2.75, 3.05) is 0 Å². The molecule has 0 bridgehead atoms. The van der Waals surface area contributed by atoms with Crippen molar-refractivity contribution in [3.05, 3.63) is 61.1 Å². The predicted molar refractivity (Wildman–Crippen MR) is 122 cm³/mol. The summed E-state index contributed by atoms with van der Waals surface area (Å²) in [6.07, 6.45) is 0.0214. The zero-order chi connectivity index (χ0) is 24.5. The number of pyridine rings is 2. The third kappa shape index (κ3) is 3.00. The van der Waals surface area contributed by atoms with Crippen LogP contribution in [0.25, 0.3) is 22.3 Å². The number of nitrogens with one attached hydrogen (secondary N) is 1. The molecule has 2 N–H and O–H groups in total. The number of hydrogen-bond donors (Lipinski definition) is 2. The summed E-state index contributed by atoms with van der Waals surface area (Å²) in [5.74, 6) is -1.60. The highest BCUT2D eigenvalue weighted by molar-refractivity contribution is 6.36. The second-order valence-electron chi connectivity index (χ2n) is 8.62. The van der Waals surface area contributed by atoms with Crippen molar-refractivity contribution >= 4 is 34.4 Å². The molecule has 10 heteroatoms. The molecule has 4 heterocycles. The van der Waals surface area contributed by atoms with Gasteiger partial charge in [-0.25, -0.2) is 14.2 Å². The zero-order valence-electron chi connectivity index (χ0n) is 18.7. The van der Waals surface area contributed by atoms with Crippen molar-refractivity contribution in [1.82, 2.24) is 14.9 Å². The Hall–Kier alpha value is -3.30. The van der Waals surface area contributed by atoms with Gasteiger partial charge < -0.3 is 19.7 Å². The fourth-order valence-corrected chi connectivity index (χ4v) is 5.06. The van der Waals surface area contributed by atoms with Crippen LogP contribution >= 0.6 is 11.6 Å². The van der Waals surface area contributed by atoms with E-state index in [1.165, 1.54) is 17.6 Å². The number of hydrogen-bond acceptors (Lipinski definition) is 6. The van der Waals surface area contributed by atoms with Crippen LogP contribution in [0.15, 0.2) is 16.9 Å². The highest BCUT2D eigenvalue weighted by Crippen LogP contribution is 2.42. The maximum absolute atomic E-state index is 14.5. The zero-order valence-corrected chi connectivity index (χ0v) is 19.5. The molecule has 3 aromatic rings. The Morgan fingerprint density at radius 3 is 2.76 bits per heavy atom. The molecule has 34 heavy (non-hydrogen) atoms. The number of benzene rings is 1. The summed E-state index contributed by atoms with van der Waals surface area (Å²) in [6.45, 7) is 4.56. The van der Waals surface area contributed by atoms with Gasteiger partial charge in [-0.15, -0.1) is 0 Å². The van der Waals surface area contributed by atoms with Gasteiger partial charge in [0.2, 0.25) is 5.91 Å². The molecule has 0 spiro atoms. The summed E-state index contributed by atoms with van der Waals surface area (Å²) < 4.78 is 21.1. The number of esters is 1. The van der Waals surface area contributed by atoms with E-state index in [2.05, 4.69) is 10.3 Å². The second kappa shape index (κ2) is 7.61. The molecule has 1 atom stereocenters. The lowest BCUT2D eigenvalue weighted by Crippen LogP contribution is -2.44. The van der Waals surface area contributed by atoms with E-state index in [-0.39, 0.29) is 59.3 Å². The maximum atomic E-state index is 14.5. The van der Waals surface area contributed by atoms with Crippen LogP contribution < -0.4 is 10.9 Å². The fourth-order valence-electron chi connectivity index (χ4n) is 4.76. The Morgan fingerprint density at radius 2 is 2.09 bits per heavy atom. The van der Waals surface area contributed by atoms with Gasteiger partial charge in [-0.3, -0.25) is 9.59 Å². The number of aromatic nitrogens is 2. The fraction of sp³-hybridized carbons (Fsp3) is 0.333. The molecular formula is C24H21ClFN3O5. The number of halogens is 2. The average Bonchev–Trinajstić information content (AvgIpc) is 3.17. The van der Waals surface area contributed by atoms with E-state index in [0.29, 0.717) is 27.9 Å². The predicted octanol–water partition coefficient (Wildman–Crippen LogP) is 2.82. The Labute approximate surface area is 198 Å². The lowest BCUT2D eigenvalue weighted by Gasteiger charge is -2.31. The van der Waals surface area contributed by atoms with E-state index in [1.54, 1.807) is 19.9 Å².